The Hall–Kier alpha value is -1.32. The molecule has 0 aromatic carbocycles. The van der Waals surface area contributed by atoms with Crippen molar-refractivity contribution in [2.45, 2.75) is 44.6 Å². The highest BCUT2D eigenvalue weighted by Crippen LogP contribution is 2.16. The maximum atomic E-state index is 11.3. The van der Waals surface area contributed by atoms with Gasteiger partial charge in [0.2, 0.25) is 5.91 Å². The molecule has 1 rings (SSSR count). The molecule has 0 spiro atoms. The molecule has 0 saturated heterocycles. The molecule has 1 amide bonds. The number of rotatable bonds is 3. The van der Waals surface area contributed by atoms with Crippen LogP contribution in [0.15, 0.2) is 12.2 Å². The van der Waals surface area contributed by atoms with Crippen LogP contribution in [0.1, 0.15) is 38.5 Å². The maximum absolute atomic E-state index is 11.3. The molecule has 1 fully saturated rings. The lowest BCUT2D eigenvalue weighted by Crippen LogP contribution is -2.33. The Bertz CT molecular complexity index is 253. The molecule has 15 heavy (non-hydrogen) atoms. The van der Waals surface area contributed by atoms with Gasteiger partial charge >= 0.3 is 5.97 Å². The first-order valence-electron chi connectivity index (χ1n) is 5.40. The van der Waals surface area contributed by atoms with Crippen LogP contribution in [0, 0.1) is 0 Å². The van der Waals surface area contributed by atoms with Crippen LogP contribution in [-0.2, 0) is 9.59 Å². The minimum Gasteiger partial charge on any atom is -0.478 e. The predicted octanol–water partition coefficient (Wildman–Crippen LogP) is 1.47. The molecule has 0 heterocycles. The molecule has 1 aliphatic carbocycles. The van der Waals surface area contributed by atoms with Crippen LogP contribution in [-0.4, -0.2) is 23.0 Å². The third-order valence-electron chi connectivity index (χ3n) is 2.58. The van der Waals surface area contributed by atoms with Gasteiger partial charge in [-0.15, -0.1) is 0 Å². The smallest absolute Gasteiger partial charge is 0.328 e. The summed E-state index contributed by atoms with van der Waals surface area (Å²) in [5, 5.41) is 11.2. The second-order valence-electron chi connectivity index (χ2n) is 3.87. The highest BCUT2D eigenvalue weighted by Gasteiger charge is 2.13. The van der Waals surface area contributed by atoms with E-state index in [0.717, 1.165) is 37.8 Å². The van der Waals surface area contributed by atoms with Gasteiger partial charge in [-0.3, -0.25) is 4.79 Å². The van der Waals surface area contributed by atoms with Gasteiger partial charge in [0.25, 0.3) is 0 Å². The standard InChI is InChI=1S/C11H17NO3/c13-10(7-8-11(14)15)12-9-5-3-1-2-4-6-9/h7-9H,1-6H2,(H,12,13)(H,14,15). The predicted molar refractivity (Wildman–Crippen MR) is 56.4 cm³/mol. The normalized spacial score (nSPS) is 18.7. The van der Waals surface area contributed by atoms with Crippen molar-refractivity contribution >= 4 is 11.9 Å². The van der Waals surface area contributed by atoms with E-state index in [0.29, 0.717) is 0 Å². The van der Waals surface area contributed by atoms with E-state index in [-0.39, 0.29) is 11.9 Å². The average Bonchev–Trinajstić information content (AvgIpc) is 2.43. The lowest BCUT2D eigenvalue weighted by molar-refractivity contribution is -0.131. The van der Waals surface area contributed by atoms with Crippen molar-refractivity contribution in [1.82, 2.24) is 5.32 Å². The number of hydrogen-bond donors (Lipinski definition) is 2. The van der Waals surface area contributed by atoms with E-state index < -0.39 is 5.97 Å². The van der Waals surface area contributed by atoms with Crippen LogP contribution in [0.25, 0.3) is 0 Å². The largest absolute Gasteiger partial charge is 0.478 e. The molecule has 0 atom stereocenters. The number of carbonyl (C=O) groups is 2. The molecule has 84 valence electrons. The quantitative estimate of drug-likeness (QED) is 0.548. The summed E-state index contributed by atoms with van der Waals surface area (Å²) in [6.45, 7) is 0. The molecule has 0 aliphatic heterocycles. The van der Waals surface area contributed by atoms with E-state index in [1.165, 1.54) is 12.8 Å². The molecule has 2 N–H and O–H groups in total. The summed E-state index contributed by atoms with van der Waals surface area (Å²) in [7, 11) is 0. The second-order valence-corrected chi connectivity index (χ2v) is 3.87. The van der Waals surface area contributed by atoms with Gasteiger partial charge in [0.05, 0.1) is 0 Å². The lowest BCUT2D eigenvalue weighted by atomic mass is 10.1. The van der Waals surface area contributed by atoms with Crippen molar-refractivity contribution < 1.29 is 14.7 Å². The molecule has 1 saturated carbocycles. The number of nitrogens with one attached hydrogen (secondary N) is 1. The third kappa shape index (κ3) is 5.20. The topological polar surface area (TPSA) is 66.4 Å². The van der Waals surface area contributed by atoms with Gasteiger partial charge < -0.3 is 10.4 Å². The molecule has 0 unspecified atom stereocenters. The molecule has 4 nitrogen and oxygen atoms in total. The Morgan fingerprint density at radius 3 is 2.20 bits per heavy atom. The van der Waals surface area contributed by atoms with Crippen LogP contribution in [0.2, 0.25) is 0 Å². The average molecular weight is 211 g/mol. The van der Waals surface area contributed by atoms with Crippen molar-refractivity contribution in [3.8, 4) is 0 Å². The zero-order valence-electron chi connectivity index (χ0n) is 8.74. The van der Waals surface area contributed by atoms with Crippen LogP contribution < -0.4 is 5.32 Å². The molecular formula is C11H17NO3. The summed E-state index contributed by atoms with van der Waals surface area (Å²) in [5.74, 6) is -1.39. The first-order valence-corrected chi connectivity index (χ1v) is 5.40. The molecule has 0 radical (unpaired) electrons. The number of amides is 1. The molecule has 1 aliphatic rings. The van der Waals surface area contributed by atoms with Gasteiger partial charge in [0.1, 0.15) is 0 Å². The van der Waals surface area contributed by atoms with Crippen molar-refractivity contribution in [3.63, 3.8) is 0 Å². The fourth-order valence-corrected chi connectivity index (χ4v) is 1.82. The number of hydrogen-bond acceptors (Lipinski definition) is 2. The Kier molecular flexibility index (Phi) is 4.87. The number of carboxylic acids is 1. The van der Waals surface area contributed by atoms with Gasteiger partial charge in [0.15, 0.2) is 0 Å². The second kappa shape index (κ2) is 6.22. The van der Waals surface area contributed by atoms with Gasteiger partial charge in [-0.25, -0.2) is 4.79 Å². The summed E-state index contributed by atoms with van der Waals surface area (Å²) in [6, 6.07) is 0.221. The van der Waals surface area contributed by atoms with E-state index in [4.69, 9.17) is 5.11 Å². The molecule has 0 bridgehead atoms. The monoisotopic (exact) mass is 211 g/mol. The van der Waals surface area contributed by atoms with Crippen molar-refractivity contribution in [3.05, 3.63) is 12.2 Å². The zero-order valence-corrected chi connectivity index (χ0v) is 8.74. The molecule has 0 aromatic rings. The zero-order chi connectivity index (χ0) is 11.1. The highest BCUT2D eigenvalue weighted by molar-refractivity contribution is 5.93. The van der Waals surface area contributed by atoms with Crippen LogP contribution in [0.5, 0.6) is 0 Å². The van der Waals surface area contributed by atoms with Crippen molar-refractivity contribution in [1.29, 1.82) is 0 Å². The summed E-state index contributed by atoms with van der Waals surface area (Å²) >= 11 is 0. The minimum atomic E-state index is -1.09. The molecule has 0 aromatic heterocycles. The number of aliphatic carboxylic acids is 1. The fraction of sp³-hybridized carbons (Fsp3) is 0.636. The Morgan fingerprint density at radius 1 is 1.07 bits per heavy atom. The highest BCUT2D eigenvalue weighted by atomic mass is 16.4. The Labute approximate surface area is 89.4 Å². The third-order valence-corrected chi connectivity index (χ3v) is 2.58. The number of carbonyl (C=O) groups excluding carboxylic acids is 1. The van der Waals surface area contributed by atoms with E-state index in [1.807, 2.05) is 0 Å². The van der Waals surface area contributed by atoms with E-state index in [2.05, 4.69) is 5.32 Å². The van der Waals surface area contributed by atoms with Gasteiger partial charge in [0, 0.05) is 18.2 Å². The fourth-order valence-electron chi connectivity index (χ4n) is 1.82. The minimum absolute atomic E-state index is 0.221. The van der Waals surface area contributed by atoms with E-state index >= 15 is 0 Å². The summed E-state index contributed by atoms with van der Waals surface area (Å²) < 4.78 is 0. The Morgan fingerprint density at radius 2 is 1.67 bits per heavy atom. The molecular weight excluding hydrogens is 194 g/mol. The summed E-state index contributed by atoms with van der Waals surface area (Å²) in [4.78, 5) is 21.5. The van der Waals surface area contributed by atoms with Crippen molar-refractivity contribution in [2.24, 2.45) is 0 Å². The van der Waals surface area contributed by atoms with Gasteiger partial charge in [-0.05, 0) is 12.8 Å². The maximum Gasteiger partial charge on any atom is 0.328 e. The van der Waals surface area contributed by atoms with Crippen LogP contribution in [0.4, 0.5) is 0 Å². The van der Waals surface area contributed by atoms with E-state index in [9.17, 15) is 9.59 Å². The van der Waals surface area contributed by atoms with E-state index in [1.54, 1.807) is 0 Å². The Balaban J connectivity index is 2.32. The van der Waals surface area contributed by atoms with Crippen LogP contribution in [0.3, 0.4) is 0 Å². The van der Waals surface area contributed by atoms with Gasteiger partial charge in [-0.2, -0.15) is 0 Å². The number of carboxylic acid groups (broad SMARTS) is 1. The van der Waals surface area contributed by atoms with Crippen molar-refractivity contribution in [2.75, 3.05) is 0 Å². The summed E-state index contributed by atoms with van der Waals surface area (Å²) in [5.41, 5.74) is 0. The first kappa shape index (κ1) is 11.8. The summed E-state index contributed by atoms with van der Waals surface area (Å²) in [6.07, 6.45) is 8.72. The molecule has 4 heteroatoms. The van der Waals surface area contributed by atoms with Crippen LogP contribution >= 0.6 is 0 Å². The first-order chi connectivity index (χ1) is 7.18. The lowest BCUT2D eigenvalue weighted by Gasteiger charge is -2.14. The SMILES string of the molecule is O=C(O)C=CC(=O)NC1CCCCCC1. The van der Waals surface area contributed by atoms with Gasteiger partial charge in [-0.1, -0.05) is 25.7 Å².